The third-order valence-electron chi connectivity index (χ3n) is 4.14. The average molecular weight is 376 g/mol. The molecule has 2 amide bonds. The van der Waals surface area contributed by atoms with E-state index in [0.717, 1.165) is 5.56 Å². The van der Waals surface area contributed by atoms with Crippen LogP contribution in [0.1, 0.15) is 70.3 Å². The quantitative estimate of drug-likeness (QED) is 0.680. The van der Waals surface area contributed by atoms with E-state index in [0.29, 0.717) is 24.9 Å². The van der Waals surface area contributed by atoms with E-state index in [4.69, 9.17) is 0 Å². The Morgan fingerprint density at radius 3 is 2.00 bits per heavy atom. The molecule has 1 rings (SSSR count). The zero-order valence-corrected chi connectivity index (χ0v) is 17.2. The van der Waals surface area contributed by atoms with Gasteiger partial charge >= 0.3 is 5.97 Å². The van der Waals surface area contributed by atoms with Gasteiger partial charge in [0.05, 0.1) is 0 Å². The van der Waals surface area contributed by atoms with Crippen molar-refractivity contribution in [2.45, 2.75) is 67.0 Å². The van der Waals surface area contributed by atoms with E-state index in [2.05, 4.69) is 10.6 Å². The van der Waals surface area contributed by atoms with Gasteiger partial charge in [0.2, 0.25) is 5.91 Å². The van der Waals surface area contributed by atoms with E-state index < -0.39 is 23.3 Å². The first kappa shape index (κ1) is 22.7. The van der Waals surface area contributed by atoms with Crippen LogP contribution < -0.4 is 10.6 Å². The molecular weight excluding hydrogens is 344 g/mol. The van der Waals surface area contributed by atoms with Crippen molar-refractivity contribution >= 4 is 17.8 Å². The summed E-state index contributed by atoms with van der Waals surface area (Å²) in [4.78, 5) is 35.7. The highest BCUT2D eigenvalue weighted by atomic mass is 16.4. The van der Waals surface area contributed by atoms with Gasteiger partial charge in [-0.25, -0.2) is 4.79 Å². The van der Waals surface area contributed by atoms with Gasteiger partial charge in [-0.15, -0.1) is 0 Å². The van der Waals surface area contributed by atoms with Crippen LogP contribution in [0.2, 0.25) is 0 Å². The lowest BCUT2D eigenvalue weighted by molar-refractivity contribution is -0.139. The van der Waals surface area contributed by atoms with Gasteiger partial charge in [-0.1, -0.05) is 53.7 Å². The Kier molecular flexibility index (Phi) is 7.57. The molecule has 0 saturated carbocycles. The molecule has 150 valence electrons. The van der Waals surface area contributed by atoms with Crippen molar-refractivity contribution in [2.24, 2.45) is 10.8 Å². The summed E-state index contributed by atoms with van der Waals surface area (Å²) in [5, 5.41) is 14.8. The second-order valence-electron chi connectivity index (χ2n) is 9.09. The highest BCUT2D eigenvalue weighted by molar-refractivity contribution is 5.96. The van der Waals surface area contributed by atoms with E-state index in [1.54, 1.807) is 24.3 Å². The standard InChI is InChI=1S/C21H32N2O4/c1-20(2,3)12-11-16(18(25)26)23-17(24)15-9-7-14(8-10-15)13-22-19(27)21(4,5)6/h7-10,16H,11-13H2,1-6H3,(H,22,27)(H,23,24)(H,25,26). The van der Waals surface area contributed by atoms with Gasteiger partial charge in [0.25, 0.3) is 5.91 Å². The number of nitrogens with one attached hydrogen (secondary N) is 2. The predicted octanol–water partition coefficient (Wildman–Crippen LogP) is 3.36. The van der Waals surface area contributed by atoms with Crippen molar-refractivity contribution in [1.29, 1.82) is 0 Å². The second kappa shape index (κ2) is 9.02. The van der Waals surface area contributed by atoms with Gasteiger partial charge < -0.3 is 15.7 Å². The van der Waals surface area contributed by atoms with E-state index in [9.17, 15) is 19.5 Å². The first-order valence-corrected chi connectivity index (χ1v) is 9.20. The molecule has 0 aromatic heterocycles. The van der Waals surface area contributed by atoms with Crippen molar-refractivity contribution in [3.8, 4) is 0 Å². The number of aliphatic carboxylic acids is 1. The lowest BCUT2D eigenvalue weighted by Gasteiger charge is -2.21. The number of hydrogen-bond donors (Lipinski definition) is 3. The minimum absolute atomic E-state index is 0.00242. The van der Waals surface area contributed by atoms with Crippen LogP contribution >= 0.6 is 0 Å². The summed E-state index contributed by atoms with van der Waals surface area (Å²) < 4.78 is 0. The molecule has 0 saturated heterocycles. The molecule has 0 aliphatic rings. The SMILES string of the molecule is CC(C)(C)CCC(NC(=O)c1ccc(CNC(=O)C(C)(C)C)cc1)C(=O)O. The van der Waals surface area contributed by atoms with Gasteiger partial charge in [-0.2, -0.15) is 0 Å². The molecule has 3 N–H and O–H groups in total. The smallest absolute Gasteiger partial charge is 0.326 e. The average Bonchev–Trinajstić information content (AvgIpc) is 2.54. The van der Waals surface area contributed by atoms with E-state index >= 15 is 0 Å². The molecule has 0 aliphatic heterocycles. The third kappa shape index (κ3) is 8.24. The number of carbonyl (C=O) groups is 3. The Hall–Kier alpha value is -2.37. The molecule has 0 heterocycles. The maximum Gasteiger partial charge on any atom is 0.326 e. The van der Waals surface area contributed by atoms with E-state index in [-0.39, 0.29) is 11.3 Å². The van der Waals surface area contributed by atoms with Crippen LogP contribution in [-0.4, -0.2) is 28.9 Å². The van der Waals surface area contributed by atoms with Crippen LogP contribution in [0, 0.1) is 10.8 Å². The zero-order valence-electron chi connectivity index (χ0n) is 17.2. The van der Waals surface area contributed by atoms with Crippen LogP contribution in [0.5, 0.6) is 0 Å². The summed E-state index contributed by atoms with van der Waals surface area (Å²) in [6.07, 6.45) is 1.07. The van der Waals surface area contributed by atoms with Gasteiger partial charge in [0.15, 0.2) is 0 Å². The monoisotopic (exact) mass is 376 g/mol. The fourth-order valence-electron chi connectivity index (χ4n) is 2.30. The van der Waals surface area contributed by atoms with E-state index in [1.165, 1.54) is 0 Å². The topological polar surface area (TPSA) is 95.5 Å². The molecule has 0 fully saturated rings. The summed E-state index contributed by atoms with van der Waals surface area (Å²) in [6, 6.07) is 5.86. The number of amides is 2. The molecule has 0 spiro atoms. The molecule has 1 aromatic rings. The van der Waals surface area contributed by atoms with Crippen molar-refractivity contribution in [1.82, 2.24) is 10.6 Å². The number of carbonyl (C=O) groups excluding carboxylic acids is 2. The maximum absolute atomic E-state index is 12.3. The third-order valence-corrected chi connectivity index (χ3v) is 4.14. The Balaban J connectivity index is 2.67. The first-order chi connectivity index (χ1) is 12.3. The first-order valence-electron chi connectivity index (χ1n) is 9.20. The van der Waals surface area contributed by atoms with Crippen molar-refractivity contribution in [3.05, 3.63) is 35.4 Å². The van der Waals surface area contributed by atoms with Gasteiger partial charge in [-0.05, 0) is 36.0 Å². The Morgan fingerprint density at radius 1 is 1.00 bits per heavy atom. The van der Waals surface area contributed by atoms with Crippen molar-refractivity contribution < 1.29 is 19.5 Å². The molecule has 0 bridgehead atoms. The number of benzene rings is 1. The molecule has 1 atom stereocenters. The van der Waals surface area contributed by atoms with Crippen LogP contribution in [0.25, 0.3) is 0 Å². The van der Waals surface area contributed by atoms with Crippen LogP contribution in [0.15, 0.2) is 24.3 Å². The van der Waals surface area contributed by atoms with Gasteiger partial charge in [-0.3, -0.25) is 9.59 Å². The molecule has 0 radical (unpaired) electrons. The molecule has 6 heteroatoms. The number of carboxylic acids is 1. The molecule has 27 heavy (non-hydrogen) atoms. The molecule has 1 aromatic carbocycles. The van der Waals surface area contributed by atoms with E-state index in [1.807, 2.05) is 41.5 Å². The Bertz CT molecular complexity index is 667. The summed E-state index contributed by atoms with van der Waals surface area (Å²) in [6.45, 7) is 12.0. The Labute approximate surface area is 161 Å². The normalized spacial score (nSPS) is 13.0. The zero-order chi connectivity index (χ0) is 20.8. The summed E-state index contributed by atoms with van der Waals surface area (Å²) >= 11 is 0. The fourth-order valence-corrected chi connectivity index (χ4v) is 2.30. The highest BCUT2D eigenvalue weighted by Gasteiger charge is 2.23. The minimum Gasteiger partial charge on any atom is -0.480 e. The highest BCUT2D eigenvalue weighted by Crippen LogP contribution is 2.22. The summed E-state index contributed by atoms with van der Waals surface area (Å²) in [5.41, 5.74) is 0.797. The molecule has 1 unspecified atom stereocenters. The van der Waals surface area contributed by atoms with Crippen molar-refractivity contribution in [2.75, 3.05) is 0 Å². The predicted molar refractivity (Wildman–Crippen MR) is 105 cm³/mol. The van der Waals surface area contributed by atoms with Gasteiger partial charge in [0, 0.05) is 17.5 Å². The minimum atomic E-state index is -1.03. The van der Waals surface area contributed by atoms with Crippen molar-refractivity contribution in [3.63, 3.8) is 0 Å². The number of rotatable bonds is 7. The fraction of sp³-hybridized carbons (Fsp3) is 0.571. The lowest BCUT2D eigenvalue weighted by atomic mass is 9.88. The second-order valence-corrected chi connectivity index (χ2v) is 9.09. The van der Waals surface area contributed by atoms with Gasteiger partial charge in [0.1, 0.15) is 6.04 Å². The molecular formula is C21H32N2O4. The molecule has 0 aliphatic carbocycles. The maximum atomic E-state index is 12.3. The van der Waals surface area contributed by atoms with Crippen LogP contribution in [-0.2, 0) is 16.1 Å². The Morgan fingerprint density at radius 2 is 1.56 bits per heavy atom. The van der Waals surface area contributed by atoms with Crippen LogP contribution in [0.4, 0.5) is 0 Å². The summed E-state index contributed by atoms with van der Waals surface area (Å²) in [7, 11) is 0. The lowest BCUT2D eigenvalue weighted by Crippen LogP contribution is -2.41. The largest absolute Gasteiger partial charge is 0.480 e. The number of hydrogen-bond acceptors (Lipinski definition) is 3. The summed E-state index contributed by atoms with van der Waals surface area (Å²) in [5.74, 6) is -1.50. The molecule has 6 nitrogen and oxygen atoms in total. The number of carboxylic acid groups (broad SMARTS) is 1. The van der Waals surface area contributed by atoms with Crippen LogP contribution in [0.3, 0.4) is 0 Å².